The van der Waals surface area contributed by atoms with Crippen LogP contribution < -0.4 is 10.6 Å². The maximum atomic E-state index is 13.2. The Morgan fingerprint density at radius 1 is 1.09 bits per heavy atom. The van der Waals surface area contributed by atoms with Crippen molar-refractivity contribution in [2.75, 3.05) is 31.5 Å². The average molecular weight is 471 g/mol. The maximum Gasteiger partial charge on any atom is 0.253 e. The van der Waals surface area contributed by atoms with Crippen LogP contribution in [0.4, 0.5) is 5.69 Å². The van der Waals surface area contributed by atoms with E-state index in [9.17, 15) is 4.79 Å². The van der Waals surface area contributed by atoms with Gasteiger partial charge in [-0.2, -0.15) is 0 Å². The number of likely N-dealkylation sites (tertiary alicyclic amines) is 1. The van der Waals surface area contributed by atoms with E-state index in [-0.39, 0.29) is 5.91 Å². The lowest BCUT2D eigenvalue weighted by Gasteiger charge is -2.44. The van der Waals surface area contributed by atoms with E-state index in [2.05, 4.69) is 54.8 Å². The Morgan fingerprint density at radius 3 is 2.74 bits per heavy atom. The molecule has 7 heteroatoms. The minimum atomic E-state index is -0.00944. The van der Waals surface area contributed by atoms with Crippen molar-refractivity contribution < 1.29 is 4.79 Å². The normalized spacial score (nSPS) is 29.3. The molecule has 1 amide bonds. The number of imidazole rings is 1. The van der Waals surface area contributed by atoms with E-state index >= 15 is 0 Å². The van der Waals surface area contributed by atoms with Crippen molar-refractivity contribution in [1.82, 2.24) is 25.2 Å². The zero-order chi connectivity index (χ0) is 23.4. The van der Waals surface area contributed by atoms with Crippen molar-refractivity contribution in [3.05, 3.63) is 42.1 Å². The van der Waals surface area contributed by atoms with Gasteiger partial charge in [-0.15, -0.1) is 0 Å². The van der Waals surface area contributed by atoms with Crippen molar-refractivity contribution in [2.45, 2.75) is 51.0 Å². The quantitative estimate of drug-likeness (QED) is 0.475. The molecule has 0 bridgehead atoms. The van der Waals surface area contributed by atoms with E-state index < -0.39 is 0 Å². The number of amides is 1. The number of carbonyl (C=O) groups is 1. The van der Waals surface area contributed by atoms with Crippen LogP contribution in [-0.2, 0) is 0 Å². The molecule has 3 aliphatic carbocycles. The molecule has 3 N–H and O–H groups in total. The van der Waals surface area contributed by atoms with Crippen LogP contribution >= 0.6 is 0 Å². The second-order valence-electron chi connectivity index (χ2n) is 11.2. The standard InChI is InChI=1S/C28H34N6O/c35-27(31-23-17-28-16-19(28)6-9-22(23)28)21-10-11-30-26-24(21)32-25(33-26)18-4-7-20(8-5-18)29-12-15-34-13-2-1-3-14-34/h4-5,7-8,10-11,19,22-23,29H,1-3,6,9,12-17H2,(H,31,35)(H,30,32,33). The van der Waals surface area contributed by atoms with Crippen LogP contribution in [0.15, 0.2) is 36.5 Å². The third-order valence-corrected chi connectivity index (χ3v) is 9.25. The summed E-state index contributed by atoms with van der Waals surface area (Å²) in [5.41, 5.74) is 4.64. The summed E-state index contributed by atoms with van der Waals surface area (Å²) in [4.78, 5) is 28.2. The van der Waals surface area contributed by atoms with Gasteiger partial charge < -0.3 is 20.5 Å². The van der Waals surface area contributed by atoms with Gasteiger partial charge in [0.1, 0.15) is 5.82 Å². The van der Waals surface area contributed by atoms with Gasteiger partial charge in [-0.3, -0.25) is 4.79 Å². The minimum absolute atomic E-state index is 0.00944. The van der Waals surface area contributed by atoms with Crippen molar-refractivity contribution >= 4 is 22.8 Å². The first-order valence-electron chi connectivity index (χ1n) is 13.4. The smallest absolute Gasteiger partial charge is 0.253 e. The fraction of sp³-hybridized carbons (Fsp3) is 0.536. The van der Waals surface area contributed by atoms with E-state index in [4.69, 9.17) is 0 Å². The summed E-state index contributed by atoms with van der Waals surface area (Å²) in [6.07, 6.45) is 10.9. The highest BCUT2D eigenvalue weighted by Crippen LogP contribution is 2.75. The van der Waals surface area contributed by atoms with E-state index in [0.717, 1.165) is 42.5 Å². The number of aromatic amines is 1. The van der Waals surface area contributed by atoms with Gasteiger partial charge in [-0.25, -0.2) is 9.97 Å². The number of rotatable bonds is 7. The molecule has 4 fully saturated rings. The van der Waals surface area contributed by atoms with Gasteiger partial charge in [0.25, 0.3) is 5.91 Å². The van der Waals surface area contributed by atoms with Gasteiger partial charge in [-0.05, 0) is 99.2 Å². The summed E-state index contributed by atoms with van der Waals surface area (Å²) >= 11 is 0. The summed E-state index contributed by atoms with van der Waals surface area (Å²) in [5, 5.41) is 6.86. The van der Waals surface area contributed by atoms with E-state index in [1.807, 2.05) is 0 Å². The molecule has 0 radical (unpaired) electrons. The number of fused-ring (bicyclic) bond motifs is 1. The first-order chi connectivity index (χ1) is 17.2. The number of benzene rings is 1. The molecular weight excluding hydrogens is 436 g/mol. The highest BCUT2D eigenvalue weighted by molar-refractivity contribution is 6.04. The number of anilines is 1. The van der Waals surface area contributed by atoms with Crippen LogP contribution in [0.5, 0.6) is 0 Å². The first kappa shape index (κ1) is 21.4. The number of aromatic nitrogens is 3. The van der Waals surface area contributed by atoms with Crippen molar-refractivity contribution in [3.8, 4) is 11.4 Å². The molecule has 4 unspecified atom stereocenters. The number of hydrogen-bond acceptors (Lipinski definition) is 5. The molecule has 1 saturated heterocycles. The fourth-order valence-electron chi connectivity index (χ4n) is 7.23. The van der Waals surface area contributed by atoms with E-state index in [1.165, 1.54) is 51.6 Å². The zero-order valence-electron chi connectivity index (χ0n) is 20.2. The van der Waals surface area contributed by atoms with Gasteiger partial charge in [0.2, 0.25) is 0 Å². The molecule has 2 aromatic heterocycles. The lowest BCUT2D eigenvalue weighted by molar-refractivity contribution is 0.0694. The number of hydrogen-bond donors (Lipinski definition) is 3. The Morgan fingerprint density at radius 2 is 1.94 bits per heavy atom. The summed E-state index contributed by atoms with van der Waals surface area (Å²) in [6.45, 7) is 4.49. The van der Waals surface area contributed by atoms with Gasteiger partial charge in [0.05, 0.1) is 11.1 Å². The summed E-state index contributed by atoms with van der Waals surface area (Å²) in [6, 6.07) is 10.5. The Balaban J connectivity index is 1.02. The zero-order valence-corrected chi connectivity index (χ0v) is 20.2. The van der Waals surface area contributed by atoms with Crippen LogP contribution in [0.25, 0.3) is 22.6 Å². The molecule has 3 saturated carbocycles. The largest absolute Gasteiger partial charge is 0.384 e. The molecule has 3 aromatic rings. The SMILES string of the molecule is O=C(NC1CC23CC2CCC13)c1ccnc2nc(-c3ccc(NCCN4CCCCC4)cc3)[nH]c12. The molecule has 4 atom stereocenters. The molecular formula is C28H34N6O. The monoisotopic (exact) mass is 470 g/mol. The maximum absolute atomic E-state index is 13.2. The van der Waals surface area contributed by atoms with Crippen molar-refractivity contribution in [2.24, 2.45) is 17.3 Å². The predicted octanol–water partition coefficient (Wildman–Crippen LogP) is 4.44. The molecule has 7 nitrogen and oxygen atoms in total. The van der Waals surface area contributed by atoms with E-state index in [1.54, 1.807) is 12.3 Å². The molecule has 182 valence electrons. The third-order valence-electron chi connectivity index (χ3n) is 9.25. The Hall–Kier alpha value is -2.93. The number of H-pyrrole nitrogens is 1. The number of nitrogens with one attached hydrogen (secondary N) is 3. The number of carbonyl (C=O) groups excluding carboxylic acids is 1. The van der Waals surface area contributed by atoms with Gasteiger partial charge >= 0.3 is 0 Å². The molecule has 1 aromatic carbocycles. The number of pyridine rings is 1. The lowest BCUT2D eigenvalue weighted by atomic mass is 9.67. The highest BCUT2D eigenvalue weighted by Gasteiger charge is 2.71. The van der Waals surface area contributed by atoms with Crippen molar-refractivity contribution in [3.63, 3.8) is 0 Å². The summed E-state index contributed by atoms with van der Waals surface area (Å²) in [5.74, 6) is 2.37. The van der Waals surface area contributed by atoms with Crippen LogP contribution in [-0.4, -0.2) is 58.0 Å². The average Bonchev–Trinajstić information content (AvgIpc) is 3.32. The van der Waals surface area contributed by atoms with Gasteiger partial charge in [0.15, 0.2) is 5.65 Å². The van der Waals surface area contributed by atoms with Crippen LogP contribution in [0.2, 0.25) is 0 Å². The van der Waals surface area contributed by atoms with Crippen LogP contribution in [0.1, 0.15) is 55.3 Å². The second kappa shape index (κ2) is 8.33. The predicted molar refractivity (Wildman–Crippen MR) is 137 cm³/mol. The fourth-order valence-corrected chi connectivity index (χ4v) is 7.23. The van der Waals surface area contributed by atoms with Crippen LogP contribution in [0.3, 0.4) is 0 Å². The third kappa shape index (κ3) is 3.71. The van der Waals surface area contributed by atoms with Gasteiger partial charge in [0, 0.05) is 36.6 Å². The lowest BCUT2D eigenvalue weighted by Crippen LogP contribution is -2.52. The summed E-state index contributed by atoms with van der Waals surface area (Å²) in [7, 11) is 0. The first-order valence-corrected chi connectivity index (χ1v) is 13.4. The second-order valence-corrected chi connectivity index (χ2v) is 11.2. The molecule has 35 heavy (non-hydrogen) atoms. The number of nitrogens with zero attached hydrogens (tertiary/aromatic N) is 3. The molecule has 4 aliphatic rings. The summed E-state index contributed by atoms with van der Waals surface area (Å²) < 4.78 is 0. The molecule has 3 heterocycles. The topological polar surface area (TPSA) is 85.9 Å². The number of piperidine rings is 1. The highest BCUT2D eigenvalue weighted by atomic mass is 16.1. The van der Waals surface area contributed by atoms with E-state index in [0.29, 0.717) is 34.1 Å². The van der Waals surface area contributed by atoms with Gasteiger partial charge in [-0.1, -0.05) is 6.42 Å². The Bertz CT molecular complexity index is 1240. The Labute approximate surface area is 206 Å². The van der Waals surface area contributed by atoms with Crippen molar-refractivity contribution in [1.29, 1.82) is 0 Å². The minimum Gasteiger partial charge on any atom is -0.384 e. The molecule has 1 spiro atoms. The Kier molecular flexibility index (Phi) is 5.08. The molecule has 7 rings (SSSR count). The molecule has 1 aliphatic heterocycles. The van der Waals surface area contributed by atoms with Crippen LogP contribution in [0, 0.1) is 17.3 Å².